The number of anilines is 1. The lowest BCUT2D eigenvalue weighted by Gasteiger charge is -2.09. The van der Waals surface area contributed by atoms with Crippen molar-refractivity contribution in [2.24, 2.45) is 0 Å². The second-order valence-electron chi connectivity index (χ2n) is 4.60. The van der Waals surface area contributed by atoms with Crippen molar-refractivity contribution in [1.29, 1.82) is 0 Å². The van der Waals surface area contributed by atoms with Gasteiger partial charge in [0.1, 0.15) is 0 Å². The van der Waals surface area contributed by atoms with Gasteiger partial charge in [-0.1, -0.05) is 11.6 Å². The first kappa shape index (κ1) is 15.8. The van der Waals surface area contributed by atoms with Crippen LogP contribution in [0.4, 0.5) is 5.69 Å². The topological polar surface area (TPSA) is 84.2 Å². The highest BCUT2D eigenvalue weighted by Crippen LogP contribution is 2.25. The third-order valence-electron chi connectivity index (χ3n) is 2.86. The minimum atomic E-state index is -3.27. The van der Waals surface area contributed by atoms with E-state index in [0.717, 1.165) is 11.8 Å². The predicted molar refractivity (Wildman–Crippen MR) is 81.2 cm³/mol. The quantitative estimate of drug-likeness (QED) is 0.840. The van der Waals surface area contributed by atoms with Gasteiger partial charge < -0.3 is 10.4 Å². The molecule has 114 valence electrons. The molecule has 0 aliphatic heterocycles. The Morgan fingerprint density at radius 2 is 2.19 bits per heavy atom. The summed E-state index contributed by atoms with van der Waals surface area (Å²) in [4.78, 5) is 0.213. The van der Waals surface area contributed by atoms with Crippen molar-refractivity contribution in [3.8, 4) is 0 Å². The Bertz CT molecular complexity index is 728. The molecule has 2 aromatic rings. The third kappa shape index (κ3) is 4.20. The van der Waals surface area contributed by atoms with Gasteiger partial charge in [0.15, 0.2) is 9.84 Å². The number of rotatable bonds is 6. The summed E-state index contributed by atoms with van der Waals surface area (Å²) in [6, 6.07) is 4.54. The van der Waals surface area contributed by atoms with Gasteiger partial charge >= 0.3 is 0 Å². The van der Waals surface area contributed by atoms with Crippen LogP contribution in [0.15, 0.2) is 35.5 Å². The highest BCUT2D eigenvalue weighted by atomic mass is 35.5. The Morgan fingerprint density at radius 1 is 1.43 bits per heavy atom. The van der Waals surface area contributed by atoms with Gasteiger partial charge in [0.2, 0.25) is 0 Å². The van der Waals surface area contributed by atoms with Crippen LogP contribution >= 0.6 is 11.6 Å². The van der Waals surface area contributed by atoms with Crippen molar-refractivity contribution in [1.82, 2.24) is 9.78 Å². The predicted octanol–water partition coefficient (Wildman–Crippen LogP) is 1.54. The molecule has 0 amide bonds. The van der Waals surface area contributed by atoms with Crippen LogP contribution in [0.2, 0.25) is 5.02 Å². The summed E-state index contributed by atoms with van der Waals surface area (Å²) in [5.74, 6) is 0. The summed E-state index contributed by atoms with van der Waals surface area (Å²) in [5.41, 5.74) is 1.46. The fourth-order valence-electron chi connectivity index (χ4n) is 1.79. The van der Waals surface area contributed by atoms with Crippen molar-refractivity contribution in [3.05, 3.63) is 41.2 Å². The number of benzene rings is 1. The highest BCUT2D eigenvalue weighted by Gasteiger charge is 2.10. The molecule has 0 fully saturated rings. The van der Waals surface area contributed by atoms with E-state index >= 15 is 0 Å². The zero-order valence-corrected chi connectivity index (χ0v) is 13.0. The van der Waals surface area contributed by atoms with Crippen molar-refractivity contribution in [2.75, 3.05) is 18.2 Å². The van der Waals surface area contributed by atoms with Crippen LogP contribution in [0.3, 0.4) is 0 Å². The van der Waals surface area contributed by atoms with Gasteiger partial charge in [-0.2, -0.15) is 5.10 Å². The van der Waals surface area contributed by atoms with Gasteiger partial charge in [-0.3, -0.25) is 4.68 Å². The second-order valence-corrected chi connectivity index (χ2v) is 7.03. The molecule has 0 saturated heterocycles. The number of nitrogens with one attached hydrogen (secondary N) is 1. The molecule has 1 aromatic carbocycles. The summed E-state index contributed by atoms with van der Waals surface area (Å²) >= 11 is 6.06. The number of hydrogen-bond donors (Lipinski definition) is 2. The average Bonchev–Trinajstić information content (AvgIpc) is 2.84. The zero-order valence-electron chi connectivity index (χ0n) is 11.5. The summed E-state index contributed by atoms with van der Waals surface area (Å²) < 4.78 is 24.7. The summed E-state index contributed by atoms with van der Waals surface area (Å²) in [6.45, 7) is 0.916. The smallest absolute Gasteiger partial charge is 0.175 e. The largest absolute Gasteiger partial charge is 0.394 e. The van der Waals surface area contributed by atoms with Crippen LogP contribution in [0.1, 0.15) is 5.56 Å². The molecular weight excluding hydrogens is 314 g/mol. The SMILES string of the molecule is CS(=O)(=O)c1ccc(Cl)c(NCc2cnn(CCO)c2)c1. The van der Waals surface area contributed by atoms with E-state index in [4.69, 9.17) is 16.7 Å². The number of aromatic nitrogens is 2. The first-order valence-electron chi connectivity index (χ1n) is 6.26. The van der Waals surface area contributed by atoms with E-state index in [1.165, 1.54) is 12.1 Å². The Kier molecular flexibility index (Phi) is 4.87. The standard InChI is InChI=1S/C13H16ClN3O3S/c1-21(19,20)11-2-3-12(14)13(6-11)15-7-10-8-16-17(9-10)4-5-18/h2-3,6,8-9,15,18H,4-5,7H2,1H3. The molecular formula is C13H16ClN3O3S. The van der Waals surface area contributed by atoms with Crippen molar-refractivity contribution in [3.63, 3.8) is 0 Å². The Morgan fingerprint density at radius 3 is 2.86 bits per heavy atom. The molecule has 6 nitrogen and oxygen atoms in total. The molecule has 0 radical (unpaired) electrons. The number of sulfone groups is 1. The normalized spacial score (nSPS) is 11.6. The number of aliphatic hydroxyl groups is 1. The minimum absolute atomic E-state index is 0.0246. The molecule has 8 heteroatoms. The first-order chi connectivity index (χ1) is 9.90. The zero-order chi connectivity index (χ0) is 15.5. The van der Waals surface area contributed by atoms with E-state index in [-0.39, 0.29) is 11.5 Å². The van der Waals surface area contributed by atoms with Crippen molar-refractivity contribution in [2.45, 2.75) is 18.0 Å². The van der Waals surface area contributed by atoms with Crippen LogP contribution in [-0.4, -0.2) is 36.2 Å². The molecule has 0 bridgehead atoms. The highest BCUT2D eigenvalue weighted by molar-refractivity contribution is 7.90. The molecule has 0 unspecified atom stereocenters. The molecule has 2 rings (SSSR count). The van der Waals surface area contributed by atoms with Gasteiger partial charge in [-0.25, -0.2) is 8.42 Å². The maximum Gasteiger partial charge on any atom is 0.175 e. The van der Waals surface area contributed by atoms with Crippen LogP contribution in [-0.2, 0) is 22.9 Å². The summed E-state index contributed by atoms with van der Waals surface area (Å²) in [5, 5.41) is 16.4. The maximum absolute atomic E-state index is 11.5. The lowest BCUT2D eigenvalue weighted by atomic mass is 10.3. The minimum Gasteiger partial charge on any atom is -0.394 e. The van der Waals surface area contributed by atoms with Crippen LogP contribution in [0.5, 0.6) is 0 Å². The monoisotopic (exact) mass is 329 g/mol. The molecule has 1 aromatic heterocycles. The van der Waals surface area contributed by atoms with Gasteiger partial charge in [0.25, 0.3) is 0 Å². The van der Waals surface area contributed by atoms with E-state index in [1.54, 1.807) is 23.1 Å². The van der Waals surface area contributed by atoms with Crippen LogP contribution in [0.25, 0.3) is 0 Å². The van der Waals surface area contributed by atoms with Gasteiger partial charge in [-0.05, 0) is 18.2 Å². The Labute approximate surface area is 128 Å². The molecule has 0 atom stereocenters. The lowest BCUT2D eigenvalue weighted by molar-refractivity contribution is 0.269. The van der Waals surface area contributed by atoms with Crippen molar-refractivity contribution >= 4 is 27.1 Å². The van der Waals surface area contributed by atoms with E-state index < -0.39 is 9.84 Å². The van der Waals surface area contributed by atoms with Gasteiger partial charge in [0, 0.05) is 24.6 Å². The Hall–Kier alpha value is -1.57. The number of halogens is 1. The van der Waals surface area contributed by atoms with E-state index in [2.05, 4.69) is 10.4 Å². The van der Waals surface area contributed by atoms with Crippen LogP contribution < -0.4 is 5.32 Å². The summed E-state index contributed by atoms with van der Waals surface area (Å²) in [7, 11) is -3.27. The summed E-state index contributed by atoms with van der Waals surface area (Å²) in [6.07, 6.45) is 4.63. The van der Waals surface area contributed by atoms with Crippen molar-refractivity contribution < 1.29 is 13.5 Å². The van der Waals surface area contributed by atoms with Gasteiger partial charge in [-0.15, -0.1) is 0 Å². The molecule has 21 heavy (non-hydrogen) atoms. The Balaban J connectivity index is 2.12. The second kappa shape index (κ2) is 6.46. The number of aliphatic hydroxyl groups excluding tert-OH is 1. The third-order valence-corrected chi connectivity index (χ3v) is 4.30. The molecule has 0 spiro atoms. The molecule has 0 aliphatic rings. The molecule has 0 saturated carbocycles. The van der Waals surface area contributed by atoms with Gasteiger partial charge in [0.05, 0.1) is 35.0 Å². The molecule has 2 N–H and O–H groups in total. The van der Waals surface area contributed by atoms with E-state index in [0.29, 0.717) is 23.8 Å². The fraction of sp³-hybridized carbons (Fsp3) is 0.308. The van der Waals surface area contributed by atoms with E-state index in [9.17, 15) is 8.42 Å². The van der Waals surface area contributed by atoms with Crippen LogP contribution in [0, 0.1) is 0 Å². The lowest BCUT2D eigenvalue weighted by Crippen LogP contribution is -2.03. The average molecular weight is 330 g/mol. The maximum atomic E-state index is 11.5. The van der Waals surface area contributed by atoms with E-state index in [1.807, 2.05) is 0 Å². The first-order valence-corrected chi connectivity index (χ1v) is 8.53. The fourth-order valence-corrected chi connectivity index (χ4v) is 2.62. The number of hydrogen-bond acceptors (Lipinski definition) is 5. The molecule has 1 heterocycles. The number of nitrogens with zero attached hydrogens (tertiary/aromatic N) is 2. The molecule has 0 aliphatic carbocycles.